The van der Waals surface area contributed by atoms with Crippen LogP contribution in [0.1, 0.15) is 25.1 Å². The van der Waals surface area contributed by atoms with Gasteiger partial charge in [0, 0.05) is 31.5 Å². The summed E-state index contributed by atoms with van der Waals surface area (Å²) in [7, 11) is 0. The molecule has 1 unspecified atom stereocenters. The molecule has 1 N–H and O–H groups in total. The summed E-state index contributed by atoms with van der Waals surface area (Å²) in [5.41, 5.74) is 2.09. The summed E-state index contributed by atoms with van der Waals surface area (Å²) in [6.07, 6.45) is 3.00. The molecule has 4 aromatic rings. The van der Waals surface area contributed by atoms with Crippen molar-refractivity contribution >= 4 is 27.7 Å². The van der Waals surface area contributed by atoms with Crippen molar-refractivity contribution in [2.45, 2.75) is 38.3 Å². The number of aromatic nitrogens is 2. The van der Waals surface area contributed by atoms with E-state index in [4.69, 9.17) is 14.5 Å². The highest BCUT2D eigenvalue weighted by molar-refractivity contribution is 5.88. The van der Waals surface area contributed by atoms with Gasteiger partial charge in [0.1, 0.15) is 17.7 Å². The van der Waals surface area contributed by atoms with Crippen molar-refractivity contribution in [1.29, 1.82) is 0 Å². The number of para-hydroxylation sites is 2. The molecule has 0 bridgehead atoms. The number of nitrogens with one attached hydrogen (secondary N) is 1. The molecule has 0 aliphatic carbocycles. The van der Waals surface area contributed by atoms with Crippen molar-refractivity contribution in [2.75, 3.05) is 19.8 Å². The van der Waals surface area contributed by atoms with E-state index in [0.29, 0.717) is 26.2 Å². The Morgan fingerprint density at radius 3 is 2.85 bits per heavy atom. The van der Waals surface area contributed by atoms with Gasteiger partial charge in [-0.2, -0.15) is 0 Å². The zero-order valence-electron chi connectivity index (χ0n) is 18.7. The van der Waals surface area contributed by atoms with Crippen LogP contribution < -0.4 is 10.1 Å². The Kier molecular flexibility index (Phi) is 6.53. The fraction of sp³-hybridized carbons (Fsp3) is 0.333. The fourth-order valence-corrected chi connectivity index (χ4v) is 4.49. The largest absolute Gasteiger partial charge is 0.493 e. The van der Waals surface area contributed by atoms with Crippen LogP contribution in [-0.2, 0) is 22.5 Å². The van der Waals surface area contributed by atoms with Gasteiger partial charge in [0.2, 0.25) is 5.91 Å². The number of imidazole rings is 1. The molecule has 1 fully saturated rings. The summed E-state index contributed by atoms with van der Waals surface area (Å²) < 4.78 is 13.9. The molecule has 0 saturated carbocycles. The molecule has 170 valence electrons. The first-order chi connectivity index (χ1) is 16.3. The molecular weight excluding hydrogens is 414 g/mol. The minimum absolute atomic E-state index is 0.0151. The summed E-state index contributed by atoms with van der Waals surface area (Å²) in [4.78, 5) is 17.1. The molecular formula is C27H29N3O3. The van der Waals surface area contributed by atoms with Crippen LogP contribution in [0.2, 0.25) is 0 Å². The van der Waals surface area contributed by atoms with Gasteiger partial charge in [-0.25, -0.2) is 4.98 Å². The van der Waals surface area contributed by atoms with Gasteiger partial charge < -0.3 is 19.4 Å². The van der Waals surface area contributed by atoms with Crippen LogP contribution in [0, 0.1) is 0 Å². The van der Waals surface area contributed by atoms with Gasteiger partial charge in [-0.15, -0.1) is 0 Å². The average Bonchev–Trinajstić information content (AvgIpc) is 3.50. The molecule has 1 saturated heterocycles. The number of rotatable bonds is 9. The number of hydrogen-bond acceptors (Lipinski definition) is 4. The maximum Gasteiger partial charge on any atom is 0.249 e. The predicted octanol–water partition coefficient (Wildman–Crippen LogP) is 4.50. The fourth-order valence-electron chi connectivity index (χ4n) is 4.49. The van der Waals surface area contributed by atoms with Gasteiger partial charge in [0.05, 0.1) is 17.6 Å². The van der Waals surface area contributed by atoms with Gasteiger partial charge in [0.15, 0.2) is 0 Å². The van der Waals surface area contributed by atoms with Gasteiger partial charge in [-0.1, -0.05) is 48.5 Å². The van der Waals surface area contributed by atoms with Crippen LogP contribution >= 0.6 is 0 Å². The summed E-state index contributed by atoms with van der Waals surface area (Å²) in [5.74, 6) is 1.88. The van der Waals surface area contributed by atoms with Crippen LogP contribution in [-0.4, -0.2) is 41.3 Å². The van der Waals surface area contributed by atoms with Crippen LogP contribution in [0.25, 0.3) is 21.8 Å². The molecule has 1 aliphatic heterocycles. The van der Waals surface area contributed by atoms with Gasteiger partial charge in [-0.05, 0) is 42.8 Å². The second-order valence-corrected chi connectivity index (χ2v) is 8.39. The third-order valence-electron chi connectivity index (χ3n) is 6.14. The molecule has 1 atom stereocenters. The number of carbonyl (C=O) groups excluding carboxylic acids is 1. The SMILES string of the molecule is O=C(NCCc1nc2ccccc2n1CCCOc1cccc2ccccc12)C1CCCO1. The van der Waals surface area contributed by atoms with Crippen molar-refractivity contribution in [3.05, 3.63) is 72.6 Å². The number of fused-ring (bicyclic) bond motifs is 2. The Morgan fingerprint density at radius 2 is 1.94 bits per heavy atom. The highest BCUT2D eigenvalue weighted by atomic mass is 16.5. The van der Waals surface area contributed by atoms with Crippen LogP contribution in [0.4, 0.5) is 0 Å². The Balaban J connectivity index is 1.22. The first kappa shape index (κ1) is 21.5. The van der Waals surface area contributed by atoms with Gasteiger partial charge in [-0.3, -0.25) is 4.79 Å². The van der Waals surface area contributed by atoms with E-state index in [1.54, 1.807) is 0 Å². The molecule has 2 heterocycles. The molecule has 6 heteroatoms. The summed E-state index contributed by atoms with van der Waals surface area (Å²) in [6.45, 7) is 2.65. The zero-order valence-corrected chi connectivity index (χ0v) is 18.7. The molecule has 3 aromatic carbocycles. The third kappa shape index (κ3) is 4.86. The lowest BCUT2D eigenvalue weighted by Gasteiger charge is -2.13. The molecule has 6 nitrogen and oxygen atoms in total. The Bertz CT molecular complexity index is 1240. The summed E-state index contributed by atoms with van der Waals surface area (Å²) in [5, 5.41) is 5.33. The van der Waals surface area contributed by atoms with Crippen LogP contribution in [0.5, 0.6) is 5.75 Å². The lowest BCUT2D eigenvalue weighted by Crippen LogP contribution is -2.35. The maximum atomic E-state index is 12.3. The smallest absolute Gasteiger partial charge is 0.249 e. The highest BCUT2D eigenvalue weighted by Gasteiger charge is 2.23. The topological polar surface area (TPSA) is 65.4 Å². The summed E-state index contributed by atoms with van der Waals surface area (Å²) in [6, 6.07) is 22.6. The number of carbonyl (C=O) groups is 1. The van der Waals surface area contributed by atoms with Crippen molar-refractivity contribution in [3.8, 4) is 5.75 Å². The van der Waals surface area contributed by atoms with E-state index < -0.39 is 0 Å². The lowest BCUT2D eigenvalue weighted by molar-refractivity contribution is -0.130. The normalized spacial score (nSPS) is 15.8. The molecule has 33 heavy (non-hydrogen) atoms. The van der Waals surface area contributed by atoms with Crippen molar-refractivity contribution in [1.82, 2.24) is 14.9 Å². The quantitative estimate of drug-likeness (QED) is 0.387. The van der Waals surface area contributed by atoms with E-state index in [-0.39, 0.29) is 12.0 Å². The number of benzene rings is 3. The Hall–Kier alpha value is -3.38. The minimum Gasteiger partial charge on any atom is -0.493 e. The predicted molar refractivity (Wildman–Crippen MR) is 129 cm³/mol. The van der Waals surface area contributed by atoms with E-state index in [1.807, 2.05) is 42.5 Å². The molecule has 1 aliphatic rings. The van der Waals surface area contributed by atoms with E-state index in [2.05, 4.69) is 34.1 Å². The number of aryl methyl sites for hydroxylation is 1. The number of hydrogen-bond donors (Lipinski definition) is 1. The second kappa shape index (κ2) is 10.0. The summed E-state index contributed by atoms with van der Waals surface area (Å²) >= 11 is 0. The number of amides is 1. The van der Waals surface area contributed by atoms with Gasteiger partial charge >= 0.3 is 0 Å². The third-order valence-corrected chi connectivity index (χ3v) is 6.14. The molecule has 0 radical (unpaired) electrons. The zero-order chi connectivity index (χ0) is 22.5. The number of ether oxygens (including phenoxy) is 2. The number of nitrogens with zero attached hydrogens (tertiary/aromatic N) is 2. The molecule has 1 aromatic heterocycles. The van der Waals surface area contributed by atoms with Crippen LogP contribution in [0.3, 0.4) is 0 Å². The monoisotopic (exact) mass is 443 g/mol. The molecule has 1 amide bonds. The van der Waals surface area contributed by atoms with Gasteiger partial charge in [0.25, 0.3) is 0 Å². The highest BCUT2D eigenvalue weighted by Crippen LogP contribution is 2.25. The van der Waals surface area contributed by atoms with E-state index >= 15 is 0 Å². The van der Waals surface area contributed by atoms with Crippen molar-refractivity contribution in [2.24, 2.45) is 0 Å². The lowest BCUT2D eigenvalue weighted by atomic mass is 10.1. The Labute approximate surface area is 193 Å². The van der Waals surface area contributed by atoms with E-state index in [9.17, 15) is 4.79 Å². The van der Waals surface area contributed by atoms with Crippen molar-refractivity contribution < 1.29 is 14.3 Å². The molecule has 0 spiro atoms. The van der Waals surface area contributed by atoms with E-state index in [1.165, 1.54) is 5.39 Å². The van der Waals surface area contributed by atoms with Crippen molar-refractivity contribution in [3.63, 3.8) is 0 Å². The first-order valence-corrected chi connectivity index (χ1v) is 11.7. The first-order valence-electron chi connectivity index (χ1n) is 11.7. The van der Waals surface area contributed by atoms with E-state index in [0.717, 1.165) is 53.8 Å². The van der Waals surface area contributed by atoms with Crippen LogP contribution in [0.15, 0.2) is 66.7 Å². The Morgan fingerprint density at radius 1 is 1.09 bits per heavy atom. The standard InChI is InChI=1S/C27H29N3O3/c31-27(25-14-6-18-33-25)28-16-15-26-29-22-11-3-4-12-23(22)30(26)17-7-19-32-24-13-5-9-20-8-1-2-10-21(20)24/h1-5,8-13,25H,6-7,14-19H2,(H,28,31). The maximum absolute atomic E-state index is 12.3. The molecule has 5 rings (SSSR count). The minimum atomic E-state index is -0.296. The second-order valence-electron chi connectivity index (χ2n) is 8.39. The average molecular weight is 444 g/mol.